The fraction of sp³-hybridized carbons (Fsp3) is 0.333. The second-order valence-corrected chi connectivity index (χ2v) is 10.8. The van der Waals surface area contributed by atoms with E-state index in [4.69, 9.17) is 9.47 Å². The van der Waals surface area contributed by atoms with Crippen molar-refractivity contribution in [1.29, 1.82) is 0 Å². The van der Waals surface area contributed by atoms with Gasteiger partial charge in [0.05, 0.1) is 24.8 Å². The first-order chi connectivity index (χ1) is 17.4. The zero-order chi connectivity index (χ0) is 24.9. The Bertz CT molecular complexity index is 1500. The van der Waals surface area contributed by atoms with E-state index in [9.17, 15) is 8.42 Å². The standard InChI is InChI=1S/C24H25N7O4S/c1-30(2)17-10-8-16(9-11-17)24-26-28-29-31(24)19-14-35-22-18(13-34-23(19)22)27-36(32,33)20-7-3-5-15-6-4-12-25-21(15)20/h3-12,18-19,22-23,27H,13-14H2,1-2H3/t18-,19+,22-,23+/m0/s1. The normalized spacial score (nSPS) is 23.7. The summed E-state index contributed by atoms with van der Waals surface area (Å²) in [7, 11) is 0.0940. The fourth-order valence-electron chi connectivity index (χ4n) is 4.86. The van der Waals surface area contributed by atoms with Gasteiger partial charge in [-0.3, -0.25) is 4.98 Å². The van der Waals surface area contributed by atoms with Crippen LogP contribution in [0.2, 0.25) is 0 Å². The molecule has 6 rings (SSSR count). The molecule has 2 aliphatic rings. The van der Waals surface area contributed by atoms with Crippen LogP contribution in [0.5, 0.6) is 0 Å². The molecule has 4 aromatic rings. The van der Waals surface area contributed by atoms with Gasteiger partial charge < -0.3 is 14.4 Å². The average Bonchev–Trinajstić information content (AvgIpc) is 3.61. The lowest BCUT2D eigenvalue weighted by Gasteiger charge is -2.19. The molecule has 0 spiro atoms. The number of para-hydroxylation sites is 1. The Hall–Kier alpha value is -3.45. The number of aromatic nitrogens is 5. The summed E-state index contributed by atoms with van der Waals surface area (Å²) in [5.41, 5.74) is 2.36. The fourth-order valence-corrected chi connectivity index (χ4v) is 6.27. The number of ether oxygens (including phenoxy) is 2. The minimum Gasteiger partial charge on any atom is -0.378 e. The molecule has 0 bridgehead atoms. The predicted octanol–water partition coefficient (Wildman–Crippen LogP) is 1.64. The van der Waals surface area contributed by atoms with Gasteiger partial charge in [0, 0.05) is 36.9 Å². The second kappa shape index (κ2) is 8.89. The quantitative estimate of drug-likeness (QED) is 0.415. The molecule has 0 amide bonds. The van der Waals surface area contributed by atoms with Crippen LogP contribution >= 0.6 is 0 Å². The maximum Gasteiger partial charge on any atom is 0.243 e. The van der Waals surface area contributed by atoms with Crippen molar-refractivity contribution in [3.8, 4) is 11.4 Å². The van der Waals surface area contributed by atoms with E-state index in [1.807, 2.05) is 55.4 Å². The largest absolute Gasteiger partial charge is 0.378 e. The summed E-state index contributed by atoms with van der Waals surface area (Å²) in [5.74, 6) is 0.601. The molecule has 4 heterocycles. The van der Waals surface area contributed by atoms with Gasteiger partial charge in [-0.1, -0.05) is 18.2 Å². The summed E-state index contributed by atoms with van der Waals surface area (Å²) in [6.45, 7) is 0.482. The SMILES string of the molecule is CN(C)c1ccc(-c2nnnn2[C@@H]2CO[C@@H]3[C@@H]2OC[C@@H]3NS(=O)(=O)c2cccc3cccnc23)cc1. The minimum absolute atomic E-state index is 0.127. The van der Waals surface area contributed by atoms with E-state index in [-0.39, 0.29) is 17.5 Å². The molecule has 36 heavy (non-hydrogen) atoms. The smallest absolute Gasteiger partial charge is 0.243 e. The first-order valence-electron chi connectivity index (χ1n) is 11.6. The predicted molar refractivity (Wildman–Crippen MR) is 132 cm³/mol. The van der Waals surface area contributed by atoms with E-state index in [2.05, 4.69) is 25.2 Å². The highest BCUT2D eigenvalue weighted by molar-refractivity contribution is 7.89. The first kappa shape index (κ1) is 23.0. The highest BCUT2D eigenvalue weighted by Gasteiger charge is 2.50. The Balaban J connectivity index is 1.23. The van der Waals surface area contributed by atoms with E-state index in [1.165, 1.54) is 0 Å². The van der Waals surface area contributed by atoms with Crippen LogP contribution in [0.15, 0.2) is 65.7 Å². The Kier molecular flexibility index (Phi) is 5.67. The van der Waals surface area contributed by atoms with E-state index in [0.717, 1.165) is 16.6 Å². The van der Waals surface area contributed by atoms with Crippen molar-refractivity contribution in [2.45, 2.75) is 29.2 Å². The topological polar surface area (TPSA) is 124 Å². The Morgan fingerprint density at radius 3 is 2.58 bits per heavy atom. The number of hydrogen-bond acceptors (Lipinski definition) is 9. The molecule has 1 N–H and O–H groups in total. The van der Waals surface area contributed by atoms with Gasteiger partial charge >= 0.3 is 0 Å². The highest BCUT2D eigenvalue weighted by atomic mass is 32.2. The number of nitrogens with zero attached hydrogens (tertiary/aromatic N) is 6. The Morgan fingerprint density at radius 2 is 1.78 bits per heavy atom. The van der Waals surface area contributed by atoms with Crippen LogP contribution in [0.25, 0.3) is 22.3 Å². The van der Waals surface area contributed by atoms with Crippen molar-refractivity contribution in [3.63, 3.8) is 0 Å². The number of tetrazole rings is 1. The van der Waals surface area contributed by atoms with Crippen LogP contribution in [0.1, 0.15) is 6.04 Å². The van der Waals surface area contributed by atoms with E-state index >= 15 is 0 Å². The maximum atomic E-state index is 13.3. The molecule has 2 aromatic heterocycles. The van der Waals surface area contributed by atoms with Gasteiger partial charge in [0.2, 0.25) is 10.0 Å². The van der Waals surface area contributed by atoms with Crippen molar-refractivity contribution in [1.82, 2.24) is 29.9 Å². The van der Waals surface area contributed by atoms with Crippen LogP contribution in [0.3, 0.4) is 0 Å². The molecule has 12 heteroatoms. The molecule has 11 nitrogen and oxygen atoms in total. The van der Waals surface area contributed by atoms with Gasteiger partial charge in [0.25, 0.3) is 0 Å². The molecule has 4 atom stereocenters. The van der Waals surface area contributed by atoms with Crippen LogP contribution in [-0.2, 0) is 19.5 Å². The van der Waals surface area contributed by atoms with Crippen molar-refractivity contribution < 1.29 is 17.9 Å². The Labute approximate surface area is 208 Å². The zero-order valence-corrected chi connectivity index (χ0v) is 20.5. The van der Waals surface area contributed by atoms with Gasteiger partial charge in [-0.15, -0.1) is 5.10 Å². The van der Waals surface area contributed by atoms with Gasteiger partial charge in [0.1, 0.15) is 23.1 Å². The number of benzene rings is 2. The summed E-state index contributed by atoms with van der Waals surface area (Å²) in [5, 5.41) is 13.1. The van der Waals surface area contributed by atoms with E-state index in [0.29, 0.717) is 17.9 Å². The average molecular weight is 508 g/mol. The number of anilines is 1. The third kappa shape index (κ3) is 3.91. The molecular formula is C24H25N7O4S. The number of nitrogens with one attached hydrogen (secondary N) is 1. The van der Waals surface area contributed by atoms with E-state index < -0.39 is 28.3 Å². The molecule has 0 saturated carbocycles. The first-order valence-corrected chi connectivity index (χ1v) is 13.1. The molecule has 0 aliphatic carbocycles. The molecule has 0 unspecified atom stereocenters. The number of rotatable bonds is 6. The van der Waals surface area contributed by atoms with Gasteiger partial charge in [0.15, 0.2) is 5.82 Å². The van der Waals surface area contributed by atoms with E-state index in [1.54, 1.807) is 29.1 Å². The van der Waals surface area contributed by atoms with Crippen LogP contribution < -0.4 is 9.62 Å². The number of sulfonamides is 1. The lowest BCUT2D eigenvalue weighted by atomic mass is 10.1. The molecule has 2 aliphatic heterocycles. The summed E-state index contributed by atoms with van der Waals surface area (Å²) < 4.78 is 43.2. The van der Waals surface area contributed by atoms with Gasteiger partial charge in [-0.25, -0.2) is 17.8 Å². The second-order valence-electron chi connectivity index (χ2n) is 9.11. The summed E-state index contributed by atoms with van der Waals surface area (Å²) in [4.78, 5) is 6.42. The monoisotopic (exact) mass is 507 g/mol. The third-order valence-corrected chi connectivity index (χ3v) is 8.19. The zero-order valence-electron chi connectivity index (χ0n) is 19.7. The summed E-state index contributed by atoms with van der Waals surface area (Å²) >= 11 is 0. The van der Waals surface area contributed by atoms with Crippen molar-refractivity contribution in [2.75, 3.05) is 32.2 Å². The molecule has 186 valence electrons. The number of hydrogen-bond donors (Lipinski definition) is 1. The minimum atomic E-state index is -3.87. The maximum absolute atomic E-state index is 13.3. The summed E-state index contributed by atoms with van der Waals surface area (Å²) in [6.07, 6.45) is 0.714. The number of pyridine rings is 1. The van der Waals surface area contributed by atoms with Crippen LogP contribution in [-0.4, -0.2) is 79.2 Å². The van der Waals surface area contributed by atoms with Crippen molar-refractivity contribution >= 4 is 26.6 Å². The Morgan fingerprint density at radius 1 is 1.00 bits per heavy atom. The highest BCUT2D eigenvalue weighted by Crippen LogP contribution is 2.36. The number of fused-ring (bicyclic) bond motifs is 2. The van der Waals surface area contributed by atoms with Crippen LogP contribution in [0.4, 0.5) is 5.69 Å². The summed E-state index contributed by atoms with van der Waals surface area (Å²) in [6, 6.07) is 15.8. The van der Waals surface area contributed by atoms with Gasteiger partial charge in [-0.2, -0.15) is 0 Å². The third-order valence-electron chi connectivity index (χ3n) is 6.67. The van der Waals surface area contributed by atoms with Crippen molar-refractivity contribution in [2.24, 2.45) is 0 Å². The lowest BCUT2D eigenvalue weighted by molar-refractivity contribution is 0.0626. The lowest BCUT2D eigenvalue weighted by Crippen LogP contribution is -2.44. The van der Waals surface area contributed by atoms with Gasteiger partial charge in [-0.05, 0) is 46.8 Å². The molecule has 2 fully saturated rings. The molecule has 2 saturated heterocycles. The molecule has 2 aromatic carbocycles. The molecule has 0 radical (unpaired) electrons. The molecular weight excluding hydrogens is 482 g/mol. The van der Waals surface area contributed by atoms with Crippen LogP contribution in [0, 0.1) is 0 Å². The van der Waals surface area contributed by atoms with Crippen molar-refractivity contribution in [3.05, 3.63) is 60.8 Å².